The molecular formula is C23H22O5S. The average Bonchev–Trinajstić information content (AvgIpc) is 2.75. The van der Waals surface area contributed by atoms with Gasteiger partial charge in [0.2, 0.25) is 0 Å². The molecule has 0 saturated carbocycles. The summed E-state index contributed by atoms with van der Waals surface area (Å²) in [5, 5.41) is 0. The summed E-state index contributed by atoms with van der Waals surface area (Å²) in [6.45, 7) is 1.72. The molecule has 0 aliphatic heterocycles. The van der Waals surface area contributed by atoms with Crippen molar-refractivity contribution in [3.8, 4) is 0 Å². The van der Waals surface area contributed by atoms with E-state index in [9.17, 15) is 13.2 Å². The van der Waals surface area contributed by atoms with Crippen molar-refractivity contribution in [2.24, 2.45) is 0 Å². The molecule has 0 aromatic heterocycles. The van der Waals surface area contributed by atoms with Crippen molar-refractivity contribution in [1.82, 2.24) is 0 Å². The first-order chi connectivity index (χ1) is 14.0. The number of ether oxygens (including phenoxy) is 1. The van der Waals surface area contributed by atoms with E-state index in [1.54, 1.807) is 61.5 Å². The molecule has 29 heavy (non-hydrogen) atoms. The minimum absolute atomic E-state index is 0.0786. The predicted molar refractivity (Wildman–Crippen MR) is 110 cm³/mol. The highest BCUT2D eigenvalue weighted by Gasteiger charge is 2.26. The number of hydrogen-bond acceptors (Lipinski definition) is 5. The Hall–Kier alpha value is -2.96. The van der Waals surface area contributed by atoms with Crippen molar-refractivity contribution in [2.75, 3.05) is 0 Å². The third-order valence-corrected chi connectivity index (χ3v) is 5.64. The van der Waals surface area contributed by atoms with Gasteiger partial charge in [-0.05, 0) is 36.8 Å². The standard InChI is InChI=1S/C23H22O5S/c1-18(27-23(24)20-13-7-3-8-14-20)17-22(19-11-5-2-6-12-19)28-29(25,26)21-15-9-4-10-16-21/h2-16,18,22H,17H2,1H3. The largest absolute Gasteiger partial charge is 0.459 e. The van der Waals surface area contributed by atoms with Gasteiger partial charge in [-0.1, -0.05) is 66.7 Å². The Morgan fingerprint density at radius 2 is 1.34 bits per heavy atom. The number of carbonyl (C=O) groups excluding carboxylic acids is 1. The van der Waals surface area contributed by atoms with E-state index < -0.39 is 28.3 Å². The second-order valence-electron chi connectivity index (χ2n) is 6.58. The summed E-state index contributed by atoms with van der Waals surface area (Å²) in [5.41, 5.74) is 1.13. The topological polar surface area (TPSA) is 69.7 Å². The summed E-state index contributed by atoms with van der Waals surface area (Å²) in [6, 6.07) is 25.7. The molecule has 0 saturated heterocycles. The summed E-state index contributed by atoms with van der Waals surface area (Å²) < 4.78 is 36.5. The van der Waals surface area contributed by atoms with Crippen LogP contribution in [0, 0.1) is 0 Å². The summed E-state index contributed by atoms with van der Waals surface area (Å²) in [4.78, 5) is 12.4. The molecule has 0 aliphatic carbocycles. The fourth-order valence-corrected chi connectivity index (χ4v) is 3.97. The zero-order chi connectivity index (χ0) is 20.7. The predicted octanol–water partition coefficient (Wildman–Crippen LogP) is 4.77. The van der Waals surface area contributed by atoms with Gasteiger partial charge in [0.1, 0.15) is 12.2 Å². The first-order valence-electron chi connectivity index (χ1n) is 9.25. The summed E-state index contributed by atoms with van der Waals surface area (Å²) in [7, 11) is -3.97. The van der Waals surface area contributed by atoms with Crippen LogP contribution >= 0.6 is 0 Å². The molecule has 3 aromatic carbocycles. The van der Waals surface area contributed by atoms with Crippen molar-refractivity contribution in [3.63, 3.8) is 0 Å². The van der Waals surface area contributed by atoms with Crippen LogP contribution in [0.5, 0.6) is 0 Å². The molecule has 3 rings (SSSR count). The Morgan fingerprint density at radius 1 is 0.828 bits per heavy atom. The molecule has 0 fully saturated rings. The van der Waals surface area contributed by atoms with Gasteiger partial charge in [-0.2, -0.15) is 8.42 Å². The second-order valence-corrected chi connectivity index (χ2v) is 8.15. The van der Waals surface area contributed by atoms with E-state index in [0.717, 1.165) is 0 Å². The van der Waals surface area contributed by atoms with Crippen LogP contribution in [0.25, 0.3) is 0 Å². The molecule has 0 bridgehead atoms. The Balaban J connectivity index is 1.77. The lowest BCUT2D eigenvalue weighted by atomic mass is 10.0. The molecule has 0 N–H and O–H groups in total. The maximum atomic E-state index is 12.7. The molecule has 6 heteroatoms. The van der Waals surface area contributed by atoms with Crippen LogP contribution in [0.4, 0.5) is 0 Å². The first kappa shape index (κ1) is 20.8. The fraction of sp³-hybridized carbons (Fsp3) is 0.174. The number of esters is 1. The molecule has 2 atom stereocenters. The molecule has 150 valence electrons. The van der Waals surface area contributed by atoms with E-state index in [2.05, 4.69) is 0 Å². The highest BCUT2D eigenvalue weighted by Crippen LogP contribution is 2.28. The summed E-state index contributed by atoms with van der Waals surface area (Å²) in [5.74, 6) is -0.462. The fourth-order valence-electron chi connectivity index (χ4n) is 2.87. The van der Waals surface area contributed by atoms with Crippen LogP contribution in [-0.4, -0.2) is 20.5 Å². The van der Waals surface area contributed by atoms with Gasteiger partial charge in [0.05, 0.1) is 10.5 Å². The highest BCUT2D eigenvalue weighted by atomic mass is 32.2. The van der Waals surface area contributed by atoms with Crippen molar-refractivity contribution in [2.45, 2.75) is 30.4 Å². The van der Waals surface area contributed by atoms with Crippen LogP contribution in [0.15, 0.2) is 95.9 Å². The Bertz CT molecular complexity index is 1020. The van der Waals surface area contributed by atoms with Gasteiger partial charge in [-0.15, -0.1) is 0 Å². The number of carbonyl (C=O) groups is 1. The van der Waals surface area contributed by atoms with Crippen molar-refractivity contribution in [1.29, 1.82) is 0 Å². The van der Waals surface area contributed by atoms with E-state index in [4.69, 9.17) is 8.92 Å². The van der Waals surface area contributed by atoms with Crippen LogP contribution in [0.2, 0.25) is 0 Å². The van der Waals surface area contributed by atoms with Crippen molar-refractivity contribution >= 4 is 16.1 Å². The average molecular weight is 410 g/mol. The van der Waals surface area contributed by atoms with E-state index >= 15 is 0 Å². The molecule has 0 heterocycles. The lowest BCUT2D eigenvalue weighted by Crippen LogP contribution is -2.21. The van der Waals surface area contributed by atoms with E-state index in [0.29, 0.717) is 11.1 Å². The Kier molecular flexibility index (Phi) is 6.80. The van der Waals surface area contributed by atoms with Crippen LogP contribution < -0.4 is 0 Å². The van der Waals surface area contributed by atoms with Crippen molar-refractivity contribution < 1.29 is 22.1 Å². The zero-order valence-corrected chi connectivity index (χ0v) is 16.8. The van der Waals surface area contributed by atoms with Gasteiger partial charge in [-0.3, -0.25) is 4.18 Å². The number of hydrogen-bond donors (Lipinski definition) is 0. The molecule has 5 nitrogen and oxygen atoms in total. The Morgan fingerprint density at radius 3 is 1.93 bits per heavy atom. The Labute approximate surface area is 171 Å². The molecule has 0 aliphatic rings. The summed E-state index contributed by atoms with van der Waals surface area (Å²) >= 11 is 0. The van der Waals surface area contributed by atoms with E-state index in [1.165, 1.54) is 12.1 Å². The first-order valence-corrected chi connectivity index (χ1v) is 10.7. The van der Waals surface area contributed by atoms with Crippen LogP contribution in [0.3, 0.4) is 0 Å². The normalized spacial score (nSPS) is 13.4. The van der Waals surface area contributed by atoms with Gasteiger partial charge in [0, 0.05) is 6.42 Å². The maximum Gasteiger partial charge on any atom is 0.338 e. The second kappa shape index (κ2) is 9.49. The lowest BCUT2D eigenvalue weighted by molar-refractivity contribution is 0.0233. The van der Waals surface area contributed by atoms with E-state index in [-0.39, 0.29) is 11.3 Å². The number of rotatable bonds is 8. The number of benzene rings is 3. The maximum absolute atomic E-state index is 12.7. The van der Waals surface area contributed by atoms with Crippen LogP contribution in [-0.2, 0) is 19.0 Å². The lowest BCUT2D eigenvalue weighted by Gasteiger charge is -2.22. The minimum Gasteiger partial charge on any atom is -0.459 e. The van der Waals surface area contributed by atoms with Crippen molar-refractivity contribution in [3.05, 3.63) is 102 Å². The van der Waals surface area contributed by atoms with Gasteiger partial charge >= 0.3 is 5.97 Å². The van der Waals surface area contributed by atoms with E-state index in [1.807, 2.05) is 24.3 Å². The molecule has 0 radical (unpaired) electrons. The third kappa shape index (κ3) is 5.76. The summed E-state index contributed by atoms with van der Waals surface area (Å²) in [6.07, 6.45) is -1.16. The molecular weight excluding hydrogens is 388 g/mol. The monoisotopic (exact) mass is 410 g/mol. The van der Waals surface area contributed by atoms with Crippen LogP contribution in [0.1, 0.15) is 35.4 Å². The molecule has 2 unspecified atom stereocenters. The third-order valence-electron chi connectivity index (χ3n) is 4.31. The quantitative estimate of drug-likeness (QED) is 0.395. The smallest absolute Gasteiger partial charge is 0.338 e. The van der Waals surface area contributed by atoms with Gasteiger partial charge in [-0.25, -0.2) is 4.79 Å². The molecule has 3 aromatic rings. The zero-order valence-electron chi connectivity index (χ0n) is 16.0. The van der Waals surface area contributed by atoms with Gasteiger partial charge in [0.15, 0.2) is 0 Å². The highest BCUT2D eigenvalue weighted by molar-refractivity contribution is 7.86. The molecule has 0 spiro atoms. The SMILES string of the molecule is CC(CC(OS(=O)(=O)c1ccccc1)c1ccccc1)OC(=O)c1ccccc1. The van der Waals surface area contributed by atoms with Gasteiger partial charge < -0.3 is 4.74 Å². The van der Waals surface area contributed by atoms with Gasteiger partial charge in [0.25, 0.3) is 10.1 Å². The molecule has 0 amide bonds. The minimum atomic E-state index is -3.97.